The van der Waals surface area contributed by atoms with Crippen molar-refractivity contribution in [1.82, 2.24) is 14.9 Å². The molecule has 0 saturated carbocycles. The number of amides is 1. The van der Waals surface area contributed by atoms with E-state index in [0.29, 0.717) is 24.1 Å². The Morgan fingerprint density at radius 3 is 2.83 bits per heavy atom. The molecule has 0 radical (unpaired) electrons. The molecule has 1 aliphatic heterocycles. The van der Waals surface area contributed by atoms with Crippen molar-refractivity contribution in [1.29, 1.82) is 0 Å². The molecule has 1 atom stereocenters. The molecule has 0 N–H and O–H groups in total. The molecule has 0 bridgehead atoms. The van der Waals surface area contributed by atoms with E-state index in [4.69, 9.17) is 16.3 Å². The van der Waals surface area contributed by atoms with Crippen molar-refractivity contribution in [3.63, 3.8) is 0 Å². The number of ether oxygens (including phenoxy) is 1. The van der Waals surface area contributed by atoms with Crippen LogP contribution >= 0.6 is 23.4 Å². The zero-order chi connectivity index (χ0) is 16.2. The van der Waals surface area contributed by atoms with Crippen molar-refractivity contribution in [2.75, 3.05) is 19.3 Å². The van der Waals surface area contributed by atoms with Crippen LogP contribution in [0.4, 0.5) is 0 Å². The number of nitrogens with zero attached hydrogens (tertiary/aromatic N) is 3. The minimum atomic E-state index is -0.0958. The fourth-order valence-electron chi connectivity index (χ4n) is 2.51. The van der Waals surface area contributed by atoms with Gasteiger partial charge >= 0.3 is 6.01 Å². The number of hydrogen-bond acceptors (Lipinski definition) is 5. The molecule has 2 aromatic rings. The van der Waals surface area contributed by atoms with Gasteiger partial charge in [-0.15, -0.1) is 11.8 Å². The molecule has 1 aliphatic rings. The molecule has 7 heteroatoms. The predicted octanol–water partition coefficient (Wildman–Crippen LogP) is 3.15. The highest BCUT2D eigenvalue weighted by Crippen LogP contribution is 2.24. The third-order valence-corrected chi connectivity index (χ3v) is 4.63. The minimum absolute atomic E-state index is 0.0399. The third-order valence-electron chi connectivity index (χ3n) is 3.64. The maximum atomic E-state index is 12.7. The van der Waals surface area contributed by atoms with Crippen LogP contribution in [0, 0.1) is 0 Å². The van der Waals surface area contributed by atoms with Crippen molar-refractivity contribution in [3.8, 4) is 6.01 Å². The molecule has 3 rings (SSSR count). The summed E-state index contributed by atoms with van der Waals surface area (Å²) in [5.74, 6) is 0.0399. The minimum Gasteiger partial charge on any atom is -0.458 e. The highest BCUT2D eigenvalue weighted by molar-refractivity contribution is 7.98. The molecule has 0 spiro atoms. The van der Waals surface area contributed by atoms with Gasteiger partial charge in [0.15, 0.2) is 0 Å². The van der Waals surface area contributed by atoms with E-state index in [9.17, 15) is 4.79 Å². The molecule has 1 unspecified atom stereocenters. The molecule has 1 fully saturated rings. The average molecular weight is 350 g/mol. The zero-order valence-electron chi connectivity index (χ0n) is 12.6. The Hall–Kier alpha value is -1.79. The Kier molecular flexibility index (Phi) is 5.03. The largest absolute Gasteiger partial charge is 0.458 e. The van der Waals surface area contributed by atoms with Crippen molar-refractivity contribution in [2.24, 2.45) is 0 Å². The monoisotopic (exact) mass is 349 g/mol. The fraction of sp³-hybridized carbons (Fsp3) is 0.312. The van der Waals surface area contributed by atoms with Crippen molar-refractivity contribution in [3.05, 3.63) is 47.2 Å². The van der Waals surface area contributed by atoms with Gasteiger partial charge in [0.2, 0.25) is 0 Å². The summed E-state index contributed by atoms with van der Waals surface area (Å²) in [6, 6.07) is 7.95. The van der Waals surface area contributed by atoms with Gasteiger partial charge in [-0.3, -0.25) is 4.79 Å². The lowest BCUT2D eigenvalue weighted by atomic mass is 10.2. The second-order valence-electron chi connectivity index (χ2n) is 5.16. The van der Waals surface area contributed by atoms with Crippen LogP contribution in [0.5, 0.6) is 6.01 Å². The smallest absolute Gasteiger partial charge is 0.316 e. The highest BCUT2D eigenvalue weighted by Gasteiger charge is 2.29. The first-order valence-corrected chi connectivity index (χ1v) is 8.84. The number of hydrogen-bond donors (Lipinski definition) is 0. The van der Waals surface area contributed by atoms with Gasteiger partial charge in [-0.25, -0.2) is 9.97 Å². The summed E-state index contributed by atoms with van der Waals surface area (Å²) in [6.07, 6.45) is 5.63. The number of likely N-dealkylation sites (tertiary alicyclic amines) is 1. The van der Waals surface area contributed by atoms with Gasteiger partial charge in [0.1, 0.15) is 6.10 Å². The lowest BCUT2D eigenvalue weighted by Crippen LogP contribution is -2.31. The number of rotatable bonds is 4. The predicted molar refractivity (Wildman–Crippen MR) is 90.2 cm³/mol. The Morgan fingerprint density at radius 2 is 2.09 bits per heavy atom. The SMILES string of the molecule is CSc1ccccc1C(=O)N1CCC(Oc2ncc(Cl)cn2)C1. The van der Waals surface area contributed by atoms with Gasteiger partial charge in [-0.1, -0.05) is 23.7 Å². The van der Waals surface area contributed by atoms with Gasteiger partial charge in [-0.2, -0.15) is 0 Å². The maximum Gasteiger partial charge on any atom is 0.316 e. The van der Waals surface area contributed by atoms with Crippen LogP contribution < -0.4 is 4.74 Å². The van der Waals surface area contributed by atoms with Crippen LogP contribution in [-0.2, 0) is 0 Å². The number of halogens is 1. The van der Waals surface area contributed by atoms with E-state index in [0.717, 1.165) is 16.9 Å². The van der Waals surface area contributed by atoms with Gasteiger partial charge in [0, 0.05) is 17.9 Å². The summed E-state index contributed by atoms with van der Waals surface area (Å²) < 4.78 is 5.72. The summed E-state index contributed by atoms with van der Waals surface area (Å²) in [5, 5.41) is 0.467. The standard InChI is InChI=1S/C16H16ClN3O2S/c1-23-14-5-3-2-4-13(14)15(21)20-7-6-12(10-20)22-16-18-8-11(17)9-19-16/h2-5,8-9,12H,6-7,10H2,1H3. The van der Waals surface area contributed by atoms with E-state index in [1.54, 1.807) is 11.8 Å². The molecule has 2 heterocycles. The number of carbonyl (C=O) groups excluding carboxylic acids is 1. The Labute approximate surface area is 144 Å². The van der Waals surface area contributed by atoms with Crippen molar-refractivity contribution >= 4 is 29.3 Å². The Bertz CT molecular complexity index is 696. The molecule has 1 saturated heterocycles. The molecular formula is C16H16ClN3O2S. The van der Waals surface area contributed by atoms with Crippen LogP contribution in [0.25, 0.3) is 0 Å². The summed E-state index contributed by atoms with van der Waals surface area (Å²) in [7, 11) is 0. The first-order chi connectivity index (χ1) is 11.2. The van der Waals surface area contributed by atoms with Crippen LogP contribution in [-0.4, -0.2) is 46.2 Å². The van der Waals surface area contributed by atoms with E-state index in [2.05, 4.69) is 9.97 Å². The molecule has 1 aromatic carbocycles. The lowest BCUT2D eigenvalue weighted by Gasteiger charge is -2.18. The van der Waals surface area contributed by atoms with Gasteiger partial charge in [-0.05, 0) is 18.4 Å². The van der Waals surface area contributed by atoms with E-state index < -0.39 is 0 Å². The number of thioether (sulfide) groups is 1. The Morgan fingerprint density at radius 1 is 1.35 bits per heavy atom. The van der Waals surface area contributed by atoms with E-state index >= 15 is 0 Å². The first-order valence-electron chi connectivity index (χ1n) is 7.24. The summed E-state index contributed by atoms with van der Waals surface area (Å²) >= 11 is 7.33. The van der Waals surface area contributed by atoms with Crippen LogP contribution in [0.1, 0.15) is 16.8 Å². The second-order valence-corrected chi connectivity index (χ2v) is 6.45. The quantitative estimate of drug-likeness (QED) is 0.794. The topological polar surface area (TPSA) is 55.3 Å². The Balaban J connectivity index is 1.65. The molecule has 23 heavy (non-hydrogen) atoms. The molecular weight excluding hydrogens is 334 g/mol. The first kappa shape index (κ1) is 16.1. The van der Waals surface area contributed by atoms with Crippen LogP contribution in [0.3, 0.4) is 0 Å². The average Bonchev–Trinajstić information content (AvgIpc) is 3.05. The van der Waals surface area contributed by atoms with E-state index in [-0.39, 0.29) is 12.0 Å². The number of aromatic nitrogens is 2. The zero-order valence-corrected chi connectivity index (χ0v) is 14.2. The molecule has 1 amide bonds. The molecule has 120 valence electrons. The fourth-order valence-corrected chi connectivity index (χ4v) is 3.20. The highest BCUT2D eigenvalue weighted by atomic mass is 35.5. The van der Waals surface area contributed by atoms with E-state index in [1.807, 2.05) is 35.4 Å². The van der Waals surface area contributed by atoms with Crippen molar-refractivity contribution < 1.29 is 9.53 Å². The second kappa shape index (κ2) is 7.19. The van der Waals surface area contributed by atoms with Crippen molar-refractivity contribution in [2.45, 2.75) is 17.4 Å². The summed E-state index contributed by atoms with van der Waals surface area (Å²) in [6.45, 7) is 1.20. The molecule has 1 aromatic heterocycles. The summed E-state index contributed by atoms with van der Waals surface area (Å²) in [4.78, 5) is 23.5. The summed E-state index contributed by atoms with van der Waals surface area (Å²) in [5.41, 5.74) is 0.739. The van der Waals surface area contributed by atoms with Gasteiger partial charge < -0.3 is 9.64 Å². The molecule has 0 aliphatic carbocycles. The van der Waals surface area contributed by atoms with E-state index in [1.165, 1.54) is 12.4 Å². The van der Waals surface area contributed by atoms with Gasteiger partial charge in [0.25, 0.3) is 5.91 Å². The molecule has 5 nitrogen and oxygen atoms in total. The normalized spacial score (nSPS) is 17.3. The van der Waals surface area contributed by atoms with Crippen LogP contribution in [0.2, 0.25) is 5.02 Å². The lowest BCUT2D eigenvalue weighted by molar-refractivity contribution is 0.0766. The number of benzene rings is 1. The van der Waals surface area contributed by atoms with Crippen LogP contribution in [0.15, 0.2) is 41.6 Å². The van der Waals surface area contributed by atoms with Gasteiger partial charge in [0.05, 0.1) is 29.5 Å². The number of carbonyl (C=O) groups is 1. The third kappa shape index (κ3) is 3.76. The maximum absolute atomic E-state index is 12.7.